The molecule has 0 heterocycles. The van der Waals surface area contributed by atoms with Gasteiger partial charge in [0.1, 0.15) is 0 Å². The minimum absolute atomic E-state index is 0.0113. The molecule has 0 aliphatic rings. The summed E-state index contributed by atoms with van der Waals surface area (Å²) < 4.78 is 0. The van der Waals surface area contributed by atoms with Crippen LogP contribution in [-0.2, 0) is 9.59 Å². The molecule has 0 unspecified atom stereocenters. The molecule has 0 aliphatic carbocycles. The molecular weight excluding hydrogens is 344 g/mol. The molecule has 2 rings (SSSR count). The molecule has 0 saturated heterocycles. The minimum atomic E-state index is -0.0484. The second kappa shape index (κ2) is 10.0. The van der Waals surface area contributed by atoms with Crippen LogP contribution in [0, 0.1) is 0 Å². The van der Waals surface area contributed by atoms with Crippen molar-refractivity contribution in [2.75, 3.05) is 16.4 Å². The molecule has 2 aromatic rings. The van der Waals surface area contributed by atoms with Crippen LogP contribution in [0.3, 0.4) is 0 Å². The lowest BCUT2D eigenvalue weighted by Crippen LogP contribution is -2.14. The van der Waals surface area contributed by atoms with Crippen LogP contribution in [-0.4, -0.2) is 17.6 Å². The van der Waals surface area contributed by atoms with Gasteiger partial charge in [-0.15, -0.1) is 11.8 Å². The van der Waals surface area contributed by atoms with E-state index in [0.29, 0.717) is 18.1 Å². The highest BCUT2D eigenvalue weighted by Gasteiger charge is 2.06. The van der Waals surface area contributed by atoms with Crippen molar-refractivity contribution < 1.29 is 9.59 Å². The minimum Gasteiger partial charge on any atom is -0.326 e. The molecule has 2 amide bonds. The molecule has 0 bridgehead atoms. The van der Waals surface area contributed by atoms with Crippen molar-refractivity contribution in [1.29, 1.82) is 0 Å². The molecular formula is C21H26N2O2S. The van der Waals surface area contributed by atoms with Gasteiger partial charge < -0.3 is 10.6 Å². The summed E-state index contributed by atoms with van der Waals surface area (Å²) in [5, 5.41) is 5.78. The maximum atomic E-state index is 12.2. The Kier molecular flexibility index (Phi) is 7.73. The van der Waals surface area contributed by atoms with Gasteiger partial charge in [0.05, 0.1) is 5.75 Å². The summed E-state index contributed by atoms with van der Waals surface area (Å²) in [6.07, 6.45) is 1.33. The maximum absolute atomic E-state index is 12.2. The van der Waals surface area contributed by atoms with Crippen molar-refractivity contribution in [3.05, 3.63) is 54.1 Å². The van der Waals surface area contributed by atoms with Gasteiger partial charge in [-0.2, -0.15) is 0 Å². The summed E-state index contributed by atoms with van der Waals surface area (Å²) in [7, 11) is 0. The zero-order chi connectivity index (χ0) is 18.9. The number of amides is 2. The van der Waals surface area contributed by atoms with E-state index in [-0.39, 0.29) is 11.8 Å². The van der Waals surface area contributed by atoms with Crippen LogP contribution < -0.4 is 10.6 Å². The highest BCUT2D eigenvalue weighted by atomic mass is 32.2. The van der Waals surface area contributed by atoms with Crippen LogP contribution in [0.1, 0.15) is 45.1 Å². The largest absolute Gasteiger partial charge is 0.326 e. The van der Waals surface area contributed by atoms with Crippen LogP contribution in [0.5, 0.6) is 0 Å². The molecule has 0 radical (unpaired) electrons. The lowest BCUT2D eigenvalue weighted by molar-refractivity contribution is -0.116. The van der Waals surface area contributed by atoms with Crippen molar-refractivity contribution in [3.63, 3.8) is 0 Å². The van der Waals surface area contributed by atoms with E-state index in [4.69, 9.17) is 0 Å². The molecule has 0 aromatic heterocycles. The zero-order valence-electron chi connectivity index (χ0n) is 15.5. The second-order valence-corrected chi connectivity index (χ2v) is 7.49. The average molecular weight is 371 g/mol. The fourth-order valence-corrected chi connectivity index (χ4v) is 3.17. The highest BCUT2D eigenvalue weighted by molar-refractivity contribution is 8.00. The first-order valence-electron chi connectivity index (χ1n) is 8.90. The third-order valence-corrected chi connectivity index (χ3v) is 4.82. The van der Waals surface area contributed by atoms with Gasteiger partial charge in [-0.05, 0) is 48.2 Å². The Bertz CT molecular complexity index is 742. The van der Waals surface area contributed by atoms with Gasteiger partial charge in [-0.3, -0.25) is 9.59 Å². The highest BCUT2D eigenvalue weighted by Crippen LogP contribution is 2.22. The van der Waals surface area contributed by atoms with E-state index in [9.17, 15) is 9.59 Å². The summed E-state index contributed by atoms with van der Waals surface area (Å²) >= 11 is 1.45. The Morgan fingerprint density at radius 1 is 0.962 bits per heavy atom. The number of hydrogen-bond donors (Lipinski definition) is 2. The molecule has 26 heavy (non-hydrogen) atoms. The molecule has 2 aromatic carbocycles. The van der Waals surface area contributed by atoms with Crippen molar-refractivity contribution >= 4 is 35.0 Å². The smallest absolute Gasteiger partial charge is 0.234 e. The van der Waals surface area contributed by atoms with E-state index in [1.165, 1.54) is 17.3 Å². The van der Waals surface area contributed by atoms with E-state index in [0.717, 1.165) is 22.7 Å². The number of nitrogens with one attached hydrogen (secondary N) is 2. The Morgan fingerprint density at radius 2 is 1.65 bits per heavy atom. The molecule has 0 spiro atoms. The third-order valence-electron chi connectivity index (χ3n) is 3.83. The van der Waals surface area contributed by atoms with Crippen LogP contribution in [0.15, 0.2) is 53.4 Å². The topological polar surface area (TPSA) is 58.2 Å². The summed E-state index contributed by atoms with van der Waals surface area (Å²) in [4.78, 5) is 24.8. The van der Waals surface area contributed by atoms with Gasteiger partial charge in [0, 0.05) is 22.7 Å². The lowest BCUT2D eigenvalue weighted by Gasteiger charge is -2.09. The van der Waals surface area contributed by atoms with Crippen molar-refractivity contribution in [3.8, 4) is 0 Å². The molecule has 0 saturated carbocycles. The Labute approximate surface area is 159 Å². The van der Waals surface area contributed by atoms with Gasteiger partial charge >= 0.3 is 0 Å². The van der Waals surface area contributed by atoms with Crippen LogP contribution in [0.4, 0.5) is 11.4 Å². The first-order valence-corrected chi connectivity index (χ1v) is 9.89. The Balaban J connectivity index is 1.86. The molecule has 0 atom stereocenters. The van der Waals surface area contributed by atoms with E-state index >= 15 is 0 Å². The predicted molar refractivity (Wildman–Crippen MR) is 110 cm³/mol. The average Bonchev–Trinajstić information content (AvgIpc) is 2.61. The molecule has 138 valence electrons. The quantitative estimate of drug-likeness (QED) is 0.622. The number of thioether (sulfide) groups is 1. The van der Waals surface area contributed by atoms with Gasteiger partial charge in [0.2, 0.25) is 11.8 Å². The van der Waals surface area contributed by atoms with E-state index < -0.39 is 0 Å². The fraction of sp³-hybridized carbons (Fsp3) is 0.333. The molecule has 0 aliphatic heterocycles. The number of rotatable bonds is 8. The lowest BCUT2D eigenvalue weighted by atomic mass is 10.0. The summed E-state index contributed by atoms with van der Waals surface area (Å²) in [5.41, 5.74) is 2.82. The third kappa shape index (κ3) is 6.56. The first kappa shape index (κ1) is 20.0. The van der Waals surface area contributed by atoms with E-state index in [1.54, 1.807) is 0 Å². The number of carbonyl (C=O) groups excluding carboxylic acids is 2. The maximum Gasteiger partial charge on any atom is 0.234 e. The van der Waals surface area contributed by atoms with Crippen LogP contribution in [0.25, 0.3) is 0 Å². The summed E-state index contributed by atoms with van der Waals surface area (Å²) in [6.45, 7) is 6.26. The Hall–Kier alpha value is -2.27. The molecule has 2 N–H and O–H groups in total. The normalized spacial score (nSPS) is 10.6. The fourth-order valence-electron chi connectivity index (χ4n) is 2.41. The Morgan fingerprint density at radius 3 is 2.31 bits per heavy atom. The molecule has 5 heteroatoms. The zero-order valence-corrected chi connectivity index (χ0v) is 16.4. The number of anilines is 2. The van der Waals surface area contributed by atoms with Crippen LogP contribution in [0.2, 0.25) is 0 Å². The second-order valence-electron chi connectivity index (χ2n) is 6.44. The number of carbonyl (C=O) groups is 2. The number of hydrogen-bond acceptors (Lipinski definition) is 3. The monoisotopic (exact) mass is 370 g/mol. The molecule has 0 fully saturated rings. The van der Waals surface area contributed by atoms with Crippen molar-refractivity contribution in [2.24, 2.45) is 0 Å². The summed E-state index contributed by atoms with van der Waals surface area (Å²) in [5.74, 6) is 0.753. The standard InChI is InChI=1S/C21H26N2O2S/c1-4-6-20(24)23-18-7-5-8-19(13-18)26-14-21(25)22-17-11-9-16(10-12-17)15(2)3/h5,7-13,15H,4,6,14H2,1-3H3,(H,22,25)(H,23,24). The SMILES string of the molecule is CCCC(=O)Nc1cccc(SCC(=O)Nc2ccc(C(C)C)cc2)c1. The van der Waals surface area contributed by atoms with Gasteiger partial charge in [0.15, 0.2) is 0 Å². The van der Waals surface area contributed by atoms with E-state index in [1.807, 2.05) is 55.5 Å². The van der Waals surface area contributed by atoms with Crippen molar-refractivity contribution in [2.45, 2.75) is 44.4 Å². The predicted octanol–water partition coefficient (Wildman–Crippen LogP) is 5.28. The van der Waals surface area contributed by atoms with Gasteiger partial charge in [-0.1, -0.05) is 39.0 Å². The summed E-state index contributed by atoms with van der Waals surface area (Å²) in [6, 6.07) is 15.5. The van der Waals surface area contributed by atoms with Crippen molar-refractivity contribution in [1.82, 2.24) is 0 Å². The van der Waals surface area contributed by atoms with Gasteiger partial charge in [0.25, 0.3) is 0 Å². The van der Waals surface area contributed by atoms with E-state index in [2.05, 4.69) is 24.5 Å². The number of benzene rings is 2. The molecule has 4 nitrogen and oxygen atoms in total. The first-order chi connectivity index (χ1) is 12.5. The van der Waals surface area contributed by atoms with Crippen LogP contribution >= 0.6 is 11.8 Å². The van der Waals surface area contributed by atoms with Gasteiger partial charge in [-0.25, -0.2) is 0 Å².